The Bertz CT molecular complexity index is 396. The van der Waals surface area contributed by atoms with Gasteiger partial charge in [0.15, 0.2) is 0 Å². The fraction of sp³-hybridized carbons (Fsp3) is 0.600. The summed E-state index contributed by atoms with van der Waals surface area (Å²) in [5, 5.41) is 10.9. The summed E-state index contributed by atoms with van der Waals surface area (Å²) < 4.78 is 0. The average molecular weight is 268 g/mol. The first-order chi connectivity index (χ1) is 8.56. The van der Waals surface area contributed by atoms with Crippen molar-refractivity contribution in [3.8, 4) is 0 Å². The number of hydrogen-bond donors (Lipinski definition) is 1. The Labute approximate surface area is 115 Å². The molecule has 0 aromatic heterocycles. The van der Waals surface area contributed by atoms with Crippen LogP contribution in [0.2, 0.25) is 5.02 Å². The maximum atomic E-state index is 10.2. The van der Waals surface area contributed by atoms with Crippen molar-refractivity contribution < 1.29 is 5.11 Å². The normalized spacial score (nSPS) is 26.4. The summed E-state index contributed by atoms with van der Waals surface area (Å²) in [6.45, 7) is 6.68. The van der Waals surface area contributed by atoms with Gasteiger partial charge < -0.3 is 10.0 Å². The van der Waals surface area contributed by atoms with Crippen LogP contribution in [0.5, 0.6) is 0 Å². The van der Waals surface area contributed by atoms with Crippen molar-refractivity contribution in [2.24, 2.45) is 5.92 Å². The second-order valence-electron chi connectivity index (χ2n) is 5.54. The van der Waals surface area contributed by atoms with E-state index in [-0.39, 0.29) is 0 Å². The molecule has 1 fully saturated rings. The van der Waals surface area contributed by atoms with E-state index in [4.69, 9.17) is 11.6 Å². The quantitative estimate of drug-likeness (QED) is 0.903. The summed E-state index contributed by atoms with van der Waals surface area (Å²) in [5.41, 5.74) is 0.919. The van der Waals surface area contributed by atoms with Crippen molar-refractivity contribution in [3.05, 3.63) is 34.9 Å². The van der Waals surface area contributed by atoms with Crippen molar-refractivity contribution in [3.63, 3.8) is 0 Å². The fourth-order valence-electron chi connectivity index (χ4n) is 2.87. The molecule has 0 bridgehead atoms. The molecule has 3 heteroatoms. The Morgan fingerprint density at radius 1 is 1.44 bits per heavy atom. The lowest BCUT2D eigenvalue weighted by molar-refractivity contribution is 0.139. The van der Waals surface area contributed by atoms with E-state index < -0.39 is 6.10 Å². The number of aliphatic hydroxyl groups is 1. The van der Waals surface area contributed by atoms with E-state index in [9.17, 15) is 5.11 Å². The number of nitrogens with zero attached hydrogens (tertiary/aromatic N) is 1. The predicted octanol–water partition coefficient (Wildman–Crippen LogP) is 3.49. The van der Waals surface area contributed by atoms with Crippen LogP contribution in [0.25, 0.3) is 0 Å². The van der Waals surface area contributed by atoms with Crippen molar-refractivity contribution in [2.45, 2.75) is 38.8 Å². The summed E-state index contributed by atoms with van der Waals surface area (Å²) in [6, 6.07) is 8.16. The smallest absolute Gasteiger partial charge is 0.0802 e. The van der Waals surface area contributed by atoms with Gasteiger partial charge in [-0.2, -0.15) is 0 Å². The van der Waals surface area contributed by atoms with E-state index in [1.807, 2.05) is 24.3 Å². The molecule has 1 aromatic carbocycles. The van der Waals surface area contributed by atoms with Gasteiger partial charge in [0.05, 0.1) is 6.10 Å². The van der Waals surface area contributed by atoms with Crippen LogP contribution in [0.15, 0.2) is 24.3 Å². The third-order valence-corrected chi connectivity index (χ3v) is 4.07. The highest BCUT2D eigenvalue weighted by Crippen LogP contribution is 2.25. The molecule has 2 nitrogen and oxygen atoms in total. The third-order valence-electron chi connectivity index (χ3n) is 3.84. The highest BCUT2D eigenvalue weighted by Gasteiger charge is 2.26. The highest BCUT2D eigenvalue weighted by atomic mass is 35.5. The maximum absolute atomic E-state index is 10.2. The lowest BCUT2D eigenvalue weighted by atomic mass is 10.1. The van der Waals surface area contributed by atoms with E-state index in [2.05, 4.69) is 18.7 Å². The molecule has 0 amide bonds. The van der Waals surface area contributed by atoms with Crippen LogP contribution in [0, 0.1) is 5.92 Å². The second-order valence-corrected chi connectivity index (χ2v) is 5.98. The molecule has 18 heavy (non-hydrogen) atoms. The van der Waals surface area contributed by atoms with E-state index in [0.29, 0.717) is 11.1 Å². The molecule has 1 N–H and O–H groups in total. The summed E-state index contributed by atoms with van der Waals surface area (Å²) in [6.07, 6.45) is 1.64. The van der Waals surface area contributed by atoms with Gasteiger partial charge >= 0.3 is 0 Å². The standard InChI is InChI=1S/C15H22ClNO/c1-11-8-12(2)17(10-11)7-6-15(18)13-4-3-5-14(16)9-13/h3-5,9,11-12,15,18H,6-8,10H2,1-2H3. The highest BCUT2D eigenvalue weighted by molar-refractivity contribution is 6.30. The lowest BCUT2D eigenvalue weighted by Crippen LogP contribution is -2.29. The van der Waals surface area contributed by atoms with Crippen LogP contribution < -0.4 is 0 Å². The zero-order valence-corrected chi connectivity index (χ0v) is 11.9. The molecular weight excluding hydrogens is 246 g/mol. The van der Waals surface area contributed by atoms with Crippen molar-refractivity contribution in [1.82, 2.24) is 4.90 Å². The first-order valence-electron chi connectivity index (χ1n) is 6.74. The minimum Gasteiger partial charge on any atom is -0.388 e. The van der Waals surface area contributed by atoms with Gasteiger partial charge in [0, 0.05) is 24.2 Å². The largest absolute Gasteiger partial charge is 0.388 e. The topological polar surface area (TPSA) is 23.5 Å². The van der Waals surface area contributed by atoms with Crippen LogP contribution in [0.4, 0.5) is 0 Å². The zero-order valence-electron chi connectivity index (χ0n) is 11.1. The van der Waals surface area contributed by atoms with Crippen LogP contribution in [-0.2, 0) is 0 Å². The Kier molecular flexibility index (Phi) is 4.66. The Balaban J connectivity index is 1.87. The van der Waals surface area contributed by atoms with Gasteiger partial charge in [0.1, 0.15) is 0 Å². The van der Waals surface area contributed by atoms with E-state index >= 15 is 0 Å². The van der Waals surface area contributed by atoms with E-state index in [1.165, 1.54) is 6.42 Å². The van der Waals surface area contributed by atoms with Gasteiger partial charge in [-0.15, -0.1) is 0 Å². The lowest BCUT2D eigenvalue weighted by Gasteiger charge is -2.22. The first-order valence-corrected chi connectivity index (χ1v) is 7.11. The van der Waals surface area contributed by atoms with Crippen molar-refractivity contribution >= 4 is 11.6 Å². The van der Waals surface area contributed by atoms with Crippen LogP contribution in [0.3, 0.4) is 0 Å². The van der Waals surface area contributed by atoms with Crippen LogP contribution >= 0.6 is 11.6 Å². The number of halogens is 1. The van der Waals surface area contributed by atoms with Gasteiger partial charge in [-0.3, -0.25) is 0 Å². The second kappa shape index (κ2) is 6.05. The summed E-state index contributed by atoms with van der Waals surface area (Å²) in [7, 11) is 0. The number of hydrogen-bond acceptors (Lipinski definition) is 2. The SMILES string of the molecule is CC1CC(C)N(CCC(O)c2cccc(Cl)c2)C1. The molecule has 0 saturated carbocycles. The third kappa shape index (κ3) is 3.47. The fourth-order valence-corrected chi connectivity index (χ4v) is 3.07. The zero-order chi connectivity index (χ0) is 13.1. The van der Waals surface area contributed by atoms with Gasteiger partial charge in [0.25, 0.3) is 0 Å². The molecule has 3 atom stereocenters. The van der Waals surface area contributed by atoms with Gasteiger partial charge in [0.2, 0.25) is 0 Å². The number of likely N-dealkylation sites (tertiary alicyclic amines) is 1. The number of aliphatic hydroxyl groups excluding tert-OH is 1. The first kappa shape index (κ1) is 13.9. The minimum absolute atomic E-state index is 0.410. The van der Waals surface area contributed by atoms with Crippen molar-refractivity contribution in [2.75, 3.05) is 13.1 Å². The molecule has 1 aliphatic heterocycles. The average Bonchev–Trinajstić information content (AvgIpc) is 2.65. The molecule has 1 saturated heterocycles. The summed E-state index contributed by atoms with van der Waals surface area (Å²) in [4.78, 5) is 2.47. The predicted molar refractivity (Wildman–Crippen MR) is 75.8 cm³/mol. The molecule has 1 aromatic rings. The molecule has 0 spiro atoms. The molecule has 3 unspecified atom stereocenters. The molecule has 100 valence electrons. The Morgan fingerprint density at radius 3 is 2.83 bits per heavy atom. The monoisotopic (exact) mass is 267 g/mol. The maximum Gasteiger partial charge on any atom is 0.0802 e. The number of benzene rings is 1. The Hall–Kier alpha value is -0.570. The molecular formula is C15H22ClNO. The Morgan fingerprint density at radius 2 is 2.22 bits per heavy atom. The molecule has 0 radical (unpaired) electrons. The molecule has 1 heterocycles. The van der Waals surface area contributed by atoms with Gasteiger partial charge in [-0.05, 0) is 43.4 Å². The van der Waals surface area contributed by atoms with Gasteiger partial charge in [-0.1, -0.05) is 30.7 Å². The minimum atomic E-state index is -0.410. The summed E-state index contributed by atoms with van der Waals surface area (Å²) >= 11 is 5.94. The van der Waals surface area contributed by atoms with E-state index in [1.54, 1.807) is 0 Å². The number of rotatable bonds is 4. The van der Waals surface area contributed by atoms with Crippen molar-refractivity contribution in [1.29, 1.82) is 0 Å². The van der Waals surface area contributed by atoms with Gasteiger partial charge in [-0.25, -0.2) is 0 Å². The summed E-state index contributed by atoms with van der Waals surface area (Å²) in [5.74, 6) is 0.781. The van der Waals surface area contributed by atoms with Crippen LogP contribution in [-0.4, -0.2) is 29.1 Å². The van der Waals surface area contributed by atoms with E-state index in [0.717, 1.165) is 31.0 Å². The molecule has 0 aliphatic carbocycles. The molecule has 1 aliphatic rings. The molecule has 2 rings (SSSR count). The van der Waals surface area contributed by atoms with Crippen LogP contribution in [0.1, 0.15) is 38.4 Å².